The summed E-state index contributed by atoms with van der Waals surface area (Å²) < 4.78 is 5.18. The molecule has 0 bridgehead atoms. The molecule has 2 atom stereocenters. The third-order valence-electron chi connectivity index (χ3n) is 1.53. The van der Waals surface area contributed by atoms with Crippen LogP contribution in [0.1, 0.15) is 6.92 Å². The van der Waals surface area contributed by atoms with Gasteiger partial charge in [0.25, 0.3) is 0 Å². The van der Waals surface area contributed by atoms with E-state index >= 15 is 0 Å². The van der Waals surface area contributed by atoms with Gasteiger partial charge in [-0.25, -0.2) is 0 Å². The molecule has 0 radical (unpaired) electrons. The first-order chi connectivity index (χ1) is 3.72. The smallest absolute Gasteiger partial charge is 0.101 e. The van der Waals surface area contributed by atoms with E-state index in [2.05, 4.69) is 0 Å². The Morgan fingerprint density at radius 3 is 2.50 bits per heavy atom. The van der Waals surface area contributed by atoms with Crippen LogP contribution in [0, 0.1) is 0 Å². The second kappa shape index (κ2) is 2.01. The molecule has 0 aliphatic carbocycles. The fourth-order valence-electron chi connectivity index (χ4n) is 0.778. The van der Waals surface area contributed by atoms with Gasteiger partial charge in [0, 0.05) is 0 Å². The molecule has 0 aromatic heterocycles. The fraction of sp³-hybridized carbons (Fsp3) is 1.00. The van der Waals surface area contributed by atoms with Gasteiger partial charge >= 0.3 is 0 Å². The van der Waals surface area contributed by atoms with Gasteiger partial charge in [-0.2, -0.15) is 0 Å². The molecular formula is C5H12N2O. The van der Waals surface area contributed by atoms with Gasteiger partial charge in [0.1, 0.15) is 6.73 Å². The van der Waals surface area contributed by atoms with Crippen LogP contribution in [0.5, 0.6) is 0 Å². The molecule has 3 nitrogen and oxygen atoms in total. The zero-order valence-corrected chi connectivity index (χ0v) is 5.29. The van der Waals surface area contributed by atoms with Crippen molar-refractivity contribution in [2.45, 2.75) is 19.2 Å². The average molecular weight is 116 g/mol. The summed E-state index contributed by atoms with van der Waals surface area (Å²) in [5.74, 6) is 0. The Morgan fingerprint density at radius 2 is 2.38 bits per heavy atom. The molecule has 0 spiro atoms. The minimum absolute atomic E-state index is 0.0926. The van der Waals surface area contributed by atoms with Gasteiger partial charge in [0.15, 0.2) is 0 Å². The molecule has 0 saturated carbocycles. The van der Waals surface area contributed by atoms with Crippen LogP contribution < -0.4 is 5.73 Å². The van der Waals surface area contributed by atoms with E-state index in [1.54, 1.807) is 0 Å². The molecule has 1 heterocycles. The van der Waals surface area contributed by atoms with Crippen LogP contribution in [0.2, 0.25) is 0 Å². The van der Waals surface area contributed by atoms with Gasteiger partial charge < -0.3 is 10.5 Å². The first-order valence-electron chi connectivity index (χ1n) is 2.79. The number of nitrogens with zero attached hydrogens (tertiary/aromatic N) is 1. The van der Waals surface area contributed by atoms with E-state index in [-0.39, 0.29) is 12.3 Å². The third-order valence-corrected chi connectivity index (χ3v) is 1.53. The Kier molecular flexibility index (Phi) is 1.51. The number of likely N-dealkylation sites (N-methyl/N-ethyl adjacent to an activating group) is 1. The minimum atomic E-state index is 0.0926. The molecule has 1 fully saturated rings. The highest BCUT2D eigenvalue weighted by molar-refractivity contribution is 4.71. The second-order valence-corrected chi connectivity index (χ2v) is 2.25. The summed E-state index contributed by atoms with van der Waals surface area (Å²) in [7, 11) is 1.95. The molecule has 1 rings (SSSR count). The van der Waals surface area contributed by atoms with Crippen molar-refractivity contribution in [3.63, 3.8) is 0 Å². The zero-order chi connectivity index (χ0) is 6.15. The maximum atomic E-state index is 5.62. The van der Waals surface area contributed by atoms with Gasteiger partial charge in [-0.05, 0) is 14.0 Å². The molecule has 48 valence electrons. The summed E-state index contributed by atoms with van der Waals surface area (Å²) in [5.41, 5.74) is 5.62. The van der Waals surface area contributed by atoms with E-state index in [0.29, 0.717) is 6.73 Å². The van der Waals surface area contributed by atoms with E-state index in [0.717, 1.165) is 0 Å². The summed E-state index contributed by atoms with van der Waals surface area (Å²) in [6.07, 6.45) is 0.287. The third kappa shape index (κ3) is 0.844. The second-order valence-electron chi connectivity index (χ2n) is 2.25. The van der Waals surface area contributed by atoms with E-state index in [1.807, 2.05) is 18.9 Å². The predicted octanol–water partition coefficient (Wildman–Crippen LogP) is -0.421. The first kappa shape index (κ1) is 6.01. The van der Waals surface area contributed by atoms with Crippen LogP contribution >= 0.6 is 0 Å². The average Bonchev–Trinajstić information content (AvgIpc) is 1.98. The van der Waals surface area contributed by atoms with Crippen LogP contribution in [-0.2, 0) is 4.74 Å². The highest BCUT2D eigenvalue weighted by Crippen LogP contribution is 2.08. The molecule has 0 aromatic rings. The summed E-state index contributed by atoms with van der Waals surface area (Å²) >= 11 is 0. The Labute approximate surface area is 49.4 Å². The van der Waals surface area contributed by atoms with Crippen molar-refractivity contribution in [3.05, 3.63) is 0 Å². The zero-order valence-electron chi connectivity index (χ0n) is 5.29. The molecule has 0 aromatic carbocycles. The Balaban J connectivity index is 2.44. The van der Waals surface area contributed by atoms with Crippen LogP contribution in [-0.4, -0.2) is 30.9 Å². The van der Waals surface area contributed by atoms with Crippen molar-refractivity contribution in [2.24, 2.45) is 5.73 Å². The van der Waals surface area contributed by atoms with Crippen molar-refractivity contribution in [1.29, 1.82) is 0 Å². The summed E-state index contributed by atoms with van der Waals surface area (Å²) in [6.45, 7) is 2.65. The Morgan fingerprint density at radius 1 is 1.75 bits per heavy atom. The van der Waals surface area contributed by atoms with Crippen molar-refractivity contribution < 1.29 is 4.74 Å². The van der Waals surface area contributed by atoms with E-state index < -0.39 is 0 Å². The quantitative estimate of drug-likeness (QED) is 0.467. The summed E-state index contributed by atoms with van der Waals surface area (Å²) in [5, 5.41) is 0. The van der Waals surface area contributed by atoms with Crippen LogP contribution in [0.3, 0.4) is 0 Å². The Hall–Kier alpha value is -0.120. The molecule has 1 saturated heterocycles. The first-order valence-corrected chi connectivity index (χ1v) is 2.79. The lowest BCUT2D eigenvalue weighted by Gasteiger charge is -2.13. The number of nitrogens with two attached hydrogens (primary N) is 1. The van der Waals surface area contributed by atoms with Gasteiger partial charge in [-0.1, -0.05) is 0 Å². The van der Waals surface area contributed by atoms with Crippen molar-refractivity contribution in [2.75, 3.05) is 13.8 Å². The maximum absolute atomic E-state index is 5.62. The molecule has 0 amide bonds. The van der Waals surface area contributed by atoms with E-state index in [1.165, 1.54) is 0 Å². The number of rotatable bonds is 0. The standard InChI is InChI=1S/C5H12N2O/c1-4-5(6)7(2)3-8-4/h4-5H,3,6H2,1-2H3/t4?,5-/m1/s1. The molecule has 1 aliphatic heterocycles. The van der Waals surface area contributed by atoms with Crippen LogP contribution in [0.15, 0.2) is 0 Å². The molecule has 8 heavy (non-hydrogen) atoms. The largest absolute Gasteiger partial charge is 0.360 e. The Bertz CT molecular complexity index is 76.5. The van der Waals surface area contributed by atoms with Crippen molar-refractivity contribution in [1.82, 2.24) is 4.90 Å². The number of hydrogen-bond donors (Lipinski definition) is 1. The van der Waals surface area contributed by atoms with Crippen LogP contribution in [0.25, 0.3) is 0 Å². The fourth-order valence-corrected chi connectivity index (χ4v) is 0.778. The molecular weight excluding hydrogens is 104 g/mol. The SMILES string of the molecule is CC1OCN(C)[C@H]1N. The number of ether oxygens (including phenoxy) is 1. The predicted molar refractivity (Wildman–Crippen MR) is 31.2 cm³/mol. The van der Waals surface area contributed by atoms with Gasteiger partial charge in [0.2, 0.25) is 0 Å². The monoisotopic (exact) mass is 116 g/mol. The molecule has 1 aliphatic rings. The lowest BCUT2D eigenvalue weighted by Crippen LogP contribution is -2.39. The molecule has 3 heteroatoms. The molecule has 2 N–H and O–H groups in total. The van der Waals surface area contributed by atoms with Crippen molar-refractivity contribution >= 4 is 0 Å². The van der Waals surface area contributed by atoms with E-state index in [9.17, 15) is 0 Å². The van der Waals surface area contributed by atoms with Crippen molar-refractivity contribution in [3.8, 4) is 0 Å². The van der Waals surface area contributed by atoms with Crippen LogP contribution in [0.4, 0.5) is 0 Å². The highest BCUT2D eigenvalue weighted by atomic mass is 16.5. The summed E-state index contributed by atoms with van der Waals surface area (Å²) in [4.78, 5) is 1.98. The van der Waals surface area contributed by atoms with Gasteiger partial charge in [0.05, 0.1) is 12.3 Å². The lowest BCUT2D eigenvalue weighted by atomic mass is 10.3. The van der Waals surface area contributed by atoms with Gasteiger partial charge in [-0.3, -0.25) is 4.90 Å². The van der Waals surface area contributed by atoms with E-state index in [4.69, 9.17) is 10.5 Å². The lowest BCUT2D eigenvalue weighted by molar-refractivity contribution is 0.104. The number of hydrogen-bond acceptors (Lipinski definition) is 3. The topological polar surface area (TPSA) is 38.5 Å². The maximum Gasteiger partial charge on any atom is 0.101 e. The van der Waals surface area contributed by atoms with Gasteiger partial charge in [-0.15, -0.1) is 0 Å². The normalized spacial score (nSPS) is 40.9. The minimum Gasteiger partial charge on any atom is -0.360 e. The molecule has 1 unspecified atom stereocenters. The highest BCUT2D eigenvalue weighted by Gasteiger charge is 2.24. The summed E-state index contributed by atoms with van der Waals surface area (Å²) in [6, 6.07) is 0.